The molecule has 2 aliphatic rings. The number of hydrogen-bond acceptors (Lipinski definition) is 2. The van der Waals surface area contributed by atoms with Gasteiger partial charge in [-0.15, -0.1) is 0 Å². The van der Waals surface area contributed by atoms with Gasteiger partial charge in [-0.25, -0.2) is 0 Å². The third-order valence-corrected chi connectivity index (χ3v) is 3.84. The van der Waals surface area contributed by atoms with Gasteiger partial charge in [-0.1, -0.05) is 13.0 Å². The van der Waals surface area contributed by atoms with E-state index in [0.717, 1.165) is 25.4 Å². The Bertz CT molecular complexity index is 448. The average molecular weight is 228 g/mol. The lowest BCUT2D eigenvalue weighted by molar-refractivity contribution is 0.538. The highest BCUT2D eigenvalue weighted by Gasteiger charge is 2.15. The standard InChI is InChI=1S/C15H20N2/c1-11-4-6-15(17-10-11)13-5-7-14-12(9-13)3-2-8-16-14/h5,7,9,11,16H,2-4,6,8,10H2,1H3. The molecule has 1 N–H and O–H groups in total. The smallest absolute Gasteiger partial charge is 0.0420 e. The minimum absolute atomic E-state index is 0.762. The molecule has 3 rings (SSSR count). The van der Waals surface area contributed by atoms with E-state index in [0.29, 0.717) is 0 Å². The molecule has 2 aliphatic heterocycles. The van der Waals surface area contributed by atoms with Crippen LogP contribution in [0.2, 0.25) is 0 Å². The predicted molar refractivity (Wildman–Crippen MR) is 73.1 cm³/mol. The van der Waals surface area contributed by atoms with Gasteiger partial charge in [0.1, 0.15) is 0 Å². The van der Waals surface area contributed by atoms with Crippen LogP contribution >= 0.6 is 0 Å². The first-order valence-corrected chi connectivity index (χ1v) is 6.73. The summed E-state index contributed by atoms with van der Waals surface area (Å²) in [4.78, 5) is 4.73. The van der Waals surface area contributed by atoms with Crippen LogP contribution in [-0.2, 0) is 6.42 Å². The topological polar surface area (TPSA) is 24.4 Å². The van der Waals surface area contributed by atoms with Crippen LogP contribution in [0.1, 0.15) is 37.3 Å². The summed E-state index contributed by atoms with van der Waals surface area (Å²) in [6.07, 6.45) is 4.89. The second-order valence-corrected chi connectivity index (χ2v) is 5.33. The largest absolute Gasteiger partial charge is 0.385 e. The van der Waals surface area contributed by atoms with Crippen LogP contribution in [-0.4, -0.2) is 18.8 Å². The summed E-state index contributed by atoms with van der Waals surface area (Å²) in [5.41, 5.74) is 5.45. The van der Waals surface area contributed by atoms with Crippen molar-refractivity contribution in [3.8, 4) is 0 Å². The Morgan fingerprint density at radius 3 is 3.06 bits per heavy atom. The van der Waals surface area contributed by atoms with E-state index >= 15 is 0 Å². The molecule has 0 amide bonds. The van der Waals surface area contributed by atoms with Gasteiger partial charge in [0, 0.05) is 24.5 Å². The van der Waals surface area contributed by atoms with Crippen LogP contribution < -0.4 is 5.32 Å². The van der Waals surface area contributed by atoms with Crippen molar-refractivity contribution in [2.24, 2.45) is 10.9 Å². The number of nitrogens with one attached hydrogen (secondary N) is 1. The van der Waals surface area contributed by atoms with Gasteiger partial charge in [0.15, 0.2) is 0 Å². The summed E-state index contributed by atoms with van der Waals surface area (Å²) >= 11 is 0. The predicted octanol–water partition coefficient (Wildman–Crippen LogP) is 3.26. The Kier molecular flexibility index (Phi) is 2.87. The molecule has 1 aromatic carbocycles. The number of rotatable bonds is 1. The van der Waals surface area contributed by atoms with Gasteiger partial charge < -0.3 is 5.32 Å². The van der Waals surface area contributed by atoms with E-state index in [2.05, 4.69) is 30.4 Å². The van der Waals surface area contributed by atoms with E-state index in [1.165, 1.54) is 41.8 Å². The van der Waals surface area contributed by atoms with Crippen LogP contribution in [0.4, 0.5) is 5.69 Å². The maximum Gasteiger partial charge on any atom is 0.0420 e. The van der Waals surface area contributed by atoms with Crippen molar-refractivity contribution in [1.29, 1.82) is 0 Å². The van der Waals surface area contributed by atoms with Crippen LogP contribution in [0.25, 0.3) is 0 Å². The molecule has 17 heavy (non-hydrogen) atoms. The molecule has 2 heteroatoms. The molecule has 0 bridgehead atoms. The van der Waals surface area contributed by atoms with Crippen molar-refractivity contribution in [3.63, 3.8) is 0 Å². The van der Waals surface area contributed by atoms with Crippen molar-refractivity contribution in [2.75, 3.05) is 18.4 Å². The third kappa shape index (κ3) is 2.21. The number of fused-ring (bicyclic) bond motifs is 1. The van der Waals surface area contributed by atoms with E-state index in [4.69, 9.17) is 4.99 Å². The molecule has 1 unspecified atom stereocenters. The minimum atomic E-state index is 0.762. The number of benzene rings is 1. The summed E-state index contributed by atoms with van der Waals surface area (Å²) in [5.74, 6) is 0.762. The molecule has 0 aromatic heterocycles. The summed E-state index contributed by atoms with van der Waals surface area (Å²) in [7, 11) is 0. The maximum absolute atomic E-state index is 4.73. The Labute approximate surface area is 103 Å². The second kappa shape index (κ2) is 4.52. The molecule has 0 spiro atoms. The van der Waals surface area contributed by atoms with Gasteiger partial charge in [-0.3, -0.25) is 4.99 Å². The van der Waals surface area contributed by atoms with Crippen LogP contribution in [0.15, 0.2) is 23.2 Å². The van der Waals surface area contributed by atoms with E-state index in [-0.39, 0.29) is 0 Å². The first-order chi connectivity index (χ1) is 8.33. The highest BCUT2D eigenvalue weighted by Crippen LogP contribution is 2.25. The number of aliphatic imine (C=N–C) groups is 1. The van der Waals surface area contributed by atoms with Gasteiger partial charge in [0.2, 0.25) is 0 Å². The van der Waals surface area contributed by atoms with Crippen molar-refractivity contribution in [2.45, 2.75) is 32.6 Å². The highest BCUT2D eigenvalue weighted by molar-refractivity contribution is 6.01. The van der Waals surface area contributed by atoms with Gasteiger partial charge in [0.25, 0.3) is 0 Å². The lowest BCUT2D eigenvalue weighted by atomic mass is 9.93. The van der Waals surface area contributed by atoms with E-state index < -0.39 is 0 Å². The molecule has 0 aliphatic carbocycles. The van der Waals surface area contributed by atoms with Crippen molar-refractivity contribution < 1.29 is 0 Å². The molecule has 1 aromatic rings. The second-order valence-electron chi connectivity index (χ2n) is 5.33. The fraction of sp³-hybridized carbons (Fsp3) is 0.533. The summed E-state index contributed by atoms with van der Waals surface area (Å²) in [6, 6.07) is 6.80. The SMILES string of the molecule is CC1CCC(c2ccc3c(c2)CCCN3)=NC1. The molecular formula is C15H20N2. The zero-order chi connectivity index (χ0) is 11.7. The first-order valence-electron chi connectivity index (χ1n) is 6.73. The summed E-state index contributed by atoms with van der Waals surface area (Å²) < 4.78 is 0. The molecule has 1 atom stereocenters. The quantitative estimate of drug-likeness (QED) is 0.784. The lowest BCUT2D eigenvalue weighted by Gasteiger charge is -2.21. The van der Waals surface area contributed by atoms with Gasteiger partial charge in [0.05, 0.1) is 0 Å². The molecular weight excluding hydrogens is 208 g/mol. The van der Waals surface area contributed by atoms with Crippen molar-refractivity contribution in [1.82, 2.24) is 0 Å². The maximum atomic E-state index is 4.73. The van der Waals surface area contributed by atoms with Crippen molar-refractivity contribution in [3.05, 3.63) is 29.3 Å². The zero-order valence-corrected chi connectivity index (χ0v) is 10.5. The van der Waals surface area contributed by atoms with Gasteiger partial charge in [-0.2, -0.15) is 0 Å². The van der Waals surface area contributed by atoms with E-state index in [9.17, 15) is 0 Å². The molecule has 0 saturated carbocycles. The van der Waals surface area contributed by atoms with Crippen LogP contribution in [0.3, 0.4) is 0 Å². The Morgan fingerprint density at radius 1 is 1.29 bits per heavy atom. The molecule has 2 nitrogen and oxygen atoms in total. The zero-order valence-electron chi connectivity index (χ0n) is 10.5. The number of nitrogens with zero attached hydrogens (tertiary/aromatic N) is 1. The fourth-order valence-electron chi connectivity index (χ4n) is 2.71. The first kappa shape index (κ1) is 10.8. The fourth-order valence-corrected chi connectivity index (χ4v) is 2.71. The monoisotopic (exact) mass is 228 g/mol. The summed E-state index contributed by atoms with van der Waals surface area (Å²) in [6.45, 7) is 4.41. The average Bonchev–Trinajstić information content (AvgIpc) is 2.39. The van der Waals surface area contributed by atoms with Gasteiger partial charge in [-0.05, 0) is 54.9 Å². The lowest BCUT2D eigenvalue weighted by Crippen LogP contribution is -2.16. The van der Waals surface area contributed by atoms with Crippen LogP contribution in [0.5, 0.6) is 0 Å². The normalized spacial score (nSPS) is 23.6. The molecule has 0 radical (unpaired) electrons. The minimum Gasteiger partial charge on any atom is -0.385 e. The highest BCUT2D eigenvalue weighted by atomic mass is 14.9. The molecule has 90 valence electrons. The van der Waals surface area contributed by atoms with Crippen molar-refractivity contribution >= 4 is 11.4 Å². The number of aryl methyl sites for hydroxylation is 1. The molecule has 2 heterocycles. The summed E-state index contributed by atoms with van der Waals surface area (Å²) in [5, 5.41) is 3.46. The van der Waals surface area contributed by atoms with Crippen LogP contribution in [0, 0.1) is 5.92 Å². The Morgan fingerprint density at radius 2 is 2.24 bits per heavy atom. The van der Waals surface area contributed by atoms with E-state index in [1.807, 2.05) is 0 Å². The Balaban J connectivity index is 1.88. The van der Waals surface area contributed by atoms with E-state index in [1.54, 1.807) is 0 Å². The third-order valence-electron chi connectivity index (χ3n) is 3.84. The van der Waals surface area contributed by atoms with Gasteiger partial charge >= 0.3 is 0 Å². The Hall–Kier alpha value is -1.31. The molecule has 0 saturated heterocycles. The molecule has 0 fully saturated rings. The number of anilines is 1. The number of hydrogen-bond donors (Lipinski definition) is 1.